The first-order valence-corrected chi connectivity index (χ1v) is 25.0. The fourth-order valence-corrected chi connectivity index (χ4v) is 12.4. The van der Waals surface area contributed by atoms with Gasteiger partial charge in [-0.1, -0.05) is 201 Å². The monoisotopic (exact) mass is 886 g/mol. The Kier molecular flexibility index (Phi) is 8.73. The van der Waals surface area contributed by atoms with Crippen LogP contribution in [0.2, 0.25) is 0 Å². The summed E-state index contributed by atoms with van der Waals surface area (Å²) < 4.78 is 0. The summed E-state index contributed by atoms with van der Waals surface area (Å²) in [5, 5.41) is 16.2. The van der Waals surface area contributed by atoms with Gasteiger partial charge in [0.25, 0.3) is 0 Å². The first-order valence-electron chi connectivity index (χ1n) is 25.0. The normalized spacial score (nSPS) is 13.8. The van der Waals surface area contributed by atoms with E-state index in [1.165, 1.54) is 154 Å². The summed E-state index contributed by atoms with van der Waals surface area (Å²) in [5.41, 5.74) is 21.0. The molecule has 0 spiro atoms. The average molecular weight is 887 g/mol. The fraction of sp³-hybridized carbons (Fsp3) is 0.188. The third-order valence-electron chi connectivity index (χ3n) is 16.3. The highest BCUT2D eigenvalue weighted by molar-refractivity contribution is 6.27. The van der Waals surface area contributed by atoms with Crippen molar-refractivity contribution in [3.63, 3.8) is 0 Å². The van der Waals surface area contributed by atoms with Crippen molar-refractivity contribution in [2.75, 3.05) is 0 Å². The van der Waals surface area contributed by atoms with Crippen LogP contribution in [0.5, 0.6) is 0 Å². The van der Waals surface area contributed by atoms with Crippen molar-refractivity contribution >= 4 is 64.6 Å². The molecule has 0 bridgehead atoms. The number of benzene rings is 12. The number of aryl methyl sites for hydroxylation is 2. The van der Waals surface area contributed by atoms with Crippen LogP contribution >= 0.6 is 0 Å². The van der Waals surface area contributed by atoms with Gasteiger partial charge in [0.2, 0.25) is 0 Å². The topological polar surface area (TPSA) is 0 Å². The average Bonchev–Trinajstić information content (AvgIpc) is 3.56. The summed E-state index contributed by atoms with van der Waals surface area (Å²) in [6.07, 6.45) is 0. The zero-order valence-electron chi connectivity index (χ0n) is 41.7. The zero-order chi connectivity index (χ0) is 47.5. The van der Waals surface area contributed by atoms with Crippen molar-refractivity contribution in [2.24, 2.45) is 0 Å². The summed E-state index contributed by atoms with van der Waals surface area (Å²) in [6.45, 7) is 23.2. The molecule has 69 heavy (non-hydrogen) atoms. The first-order chi connectivity index (χ1) is 33.0. The molecule has 0 aliphatic heterocycles. The van der Waals surface area contributed by atoms with E-state index < -0.39 is 0 Å². The lowest BCUT2D eigenvalue weighted by Gasteiger charge is -2.23. The molecular formula is C69H58. The largest absolute Gasteiger partial charge is 0.0610 e. The van der Waals surface area contributed by atoms with E-state index in [2.05, 4.69) is 239 Å². The molecule has 0 saturated carbocycles. The highest BCUT2D eigenvalue weighted by Gasteiger charge is 2.36. The Bertz CT molecular complexity index is 3810. The van der Waals surface area contributed by atoms with Crippen molar-refractivity contribution in [3.8, 4) is 55.6 Å². The maximum Gasteiger partial charge on any atom is 0.0159 e. The van der Waals surface area contributed by atoms with E-state index in [-0.39, 0.29) is 16.2 Å². The van der Waals surface area contributed by atoms with Gasteiger partial charge in [-0.25, -0.2) is 0 Å². The van der Waals surface area contributed by atoms with Crippen LogP contribution in [0.15, 0.2) is 170 Å². The fourth-order valence-electron chi connectivity index (χ4n) is 12.4. The minimum Gasteiger partial charge on any atom is -0.0610 e. The zero-order valence-corrected chi connectivity index (χ0v) is 41.7. The molecule has 0 unspecified atom stereocenters. The quantitative estimate of drug-likeness (QED) is 0.155. The van der Waals surface area contributed by atoms with Gasteiger partial charge in [0, 0.05) is 5.41 Å². The Morgan fingerprint density at radius 3 is 1.03 bits per heavy atom. The maximum atomic E-state index is 2.47. The van der Waals surface area contributed by atoms with Gasteiger partial charge in [-0.05, 0) is 203 Å². The van der Waals surface area contributed by atoms with Gasteiger partial charge >= 0.3 is 0 Å². The Morgan fingerprint density at radius 2 is 0.652 bits per heavy atom. The van der Waals surface area contributed by atoms with Gasteiger partial charge in [-0.15, -0.1) is 0 Å². The summed E-state index contributed by atoms with van der Waals surface area (Å²) in [6, 6.07) is 66.1. The lowest BCUT2D eigenvalue weighted by molar-refractivity contribution is 0.591. The molecule has 1 aliphatic carbocycles. The third-order valence-corrected chi connectivity index (χ3v) is 16.3. The predicted octanol–water partition coefficient (Wildman–Crippen LogP) is 19.7. The van der Waals surface area contributed by atoms with Crippen LogP contribution in [-0.2, 0) is 16.2 Å². The molecule has 0 heterocycles. The molecule has 0 fully saturated rings. The second kappa shape index (κ2) is 14.4. The van der Waals surface area contributed by atoms with Gasteiger partial charge in [-0.3, -0.25) is 0 Å². The van der Waals surface area contributed by atoms with E-state index in [1.807, 2.05) is 0 Å². The molecule has 0 saturated heterocycles. The van der Waals surface area contributed by atoms with Gasteiger partial charge in [-0.2, -0.15) is 0 Å². The highest BCUT2D eigenvalue weighted by Crippen LogP contribution is 2.52. The molecule has 0 aromatic heterocycles. The molecule has 13 rings (SSSR count). The Hall–Kier alpha value is -7.28. The second-order valence-electron chi connectivity index (χ2n) is 23.1. The Labute approximate surface area is 407 Å². The van der Waals surface area contributed by atoms with E-state index in [0.29, 0.717) is 0 Å². The molecule has 12 aromatic carbocycles. The van der Waals surface area contributed by atoms with E-state index in [9.17, 15) is 0 Å². The Morgan fingerprint density at radius 1 is 0.304 bits per heavy atom. The summed E-state index contributed by atoms with van der Waals surface area (Å²) >= 11 is 0. The van der Waals surface area contributed by atoms with Crippen molar-refractivity contribution in [2.45, 2.75) is 85.5 Å². The van der Waals surface area contributed by atoms with Crippen LogP contribution < -0.4 is 0 Å². The highest BCUT2D eigenvalue weighted by atomic mass is 14.4. The summed E-state index contributed by atoms with van der Waals surface area (Å²) in [7, 11) is 0. The minimum atomic E-state index is -0.169. The molecule has 0 amide bonds. The first kappa shape index (κ1) is 41.9. The molecular weight excluding hydrogens is 829 g/mol. The van der Waals surface area contributed by atoms with Crippen LogP contribution in [0.25, 0.3) is 120 Å². The summed E-state index contributed by atoms with van der Waals surface area (Å²) in [5.74, 6) is 0. The minimum absolute atomic E-state index is 0.0865. The van der Waals surface area contributed by atoms with Gasteiger partial charge in [0.15, 0.2) is 0 Å². The third kappa shape index (κ3) is 6.27. The van der Waals surface area contributed by atoms with Crippen LogP contribution in [0.4, 0.5) is 0 Å². The van der Waals surface area contributed by atoms with Crippen molar-refractivity contribution < 1.29 is 0 Å². The second-order valence-corrected chi connectivity index (χ2v) is 23.1. The van der Waals surface area contributed by atoms with Gasteiger partial charge in [0.1, 0.15) is 0 Å². The molecule has 12 aromatic rings. The lowest BCUT2D eigenvalue weighted by Crippen LogP contribution is -2.15. The smallest absolute Gasteiger partial charge is 0.0159 e. The van der Waals surface area contributed by atoms with Crippen LogP contribution in [0.3, 0.4) is 0 Å². The number of fused-ring (bicyclic) bond motifs is 3. The number of hydrogen-bond donors (Lipinski definition) is 0. The molecule has 334 valence electrons. The lowest BCUT2D eigenvalue weighted by atomic mass is 9.80. The molecule has 0 radical (unpaired) electrons. The van der Waals surface area contributed by atoms with E-state index >= 15 is 0 Å². The molecule has 0 atom stereocenters. The predicted molar refractivity (Wildman–Crippen MR) is 300 cm³/mol. The maximum absolute atomic E-state index is 2.47. The number of hydrogen-bond acceptors (Lipinski definition) is 0. The van der Waals surface area contributed by atoms with Crippen molar-refractivity contribution in [1.29, 1.82) is 0 Å². The van der Waals surface area contributed by atoms with Crippen molar-refractivity contribution in [3.05, 3.63) is 203 Å². The standard InChI is InChI=1S/C69H58/c1-39-29-59(57-27-21-49-35-51(67(3,4)5)33-47-19-23-53(39)65(57)63(47)49)45-15-11-13-41(31-45)43-17-25-55-56-26-18-44(38-62(56)69(9,10)61(55)37-43)42-14-12-16-46(32-42)60-30-40(2)54-24-20-48-34-52(68(6,7)8)36-50-22-28-58(60)66(54)64(48)50/h11-38H,1-10H3. The Balaban J connectivity index is 0.855. The number of rotatable bonds is 4. The van der Waals surface area contributed by atoms with E-state index in [0.717, 1.165) is 0 Å². The molecule has 0 N–H and O–H groups in total. The van der Waals surface area contributed by atoms with Crippen LogP contribution in [0.1, 0.15) is 88.8 Å². The van der Waals surface area contributed by atoms with Gasteiger partial charge < -0.3 is 0 Å². The van der Waals surface area contributed by atoms with Gasteiger partial charge in [0.05, 0.1) is 0 Å². The molecule has 0 heteroatoms. The van der Waals surface area contributed by atoms with Crippen LogP contribution in [0, 0.1) is 13.8 Å². The SMILES string of the molecule is Cc1cc(-c2cccc(-c3ccc4c(c3)C(C)(C)c3cc(-c5cccc(-c6cc(C)c7ccc8cc(C(C)(C)C)cc9ccc6c7c89)c5)ccc3-4)c2)c2ccc3cc(C(C)(C)C)cc4ccc1c2c43. The molecule has 1 aliphatic rings. The van der Waals surface area contributed by atoms with E-state index in [1.54, 1.807) is 0 Å². The summed E-state index contributed by atoms with van der Waals surface area (Å²) in [4.78, 5) is 0. The van der Waals surface area contributed by atoms with E-state index in [4.69, 9.17) is 0 Å². The van der Waals surface area contributed by atoms with Crippen LogP contribution in [-0.4, -0.2) is 0 Å². The van der Waals surface area contributed by atoms with Crippen molar-refractivity contribution in [1.82, 2.24) is 0 Å². The molecule has 0 nitrogen and oxygen atoms in total.